The monoisotopic (exact) mass is 230 g/mol. The third-order valence-corrected chi connectivity index (χ3v) is 4.35. The van der Waals surface area contributed by atoms with Gasteiger partial charge in [-0.25, -0.2) is 0 Å². The molecular weight excluding hydrogens is 208 g/mol. The van der Waals surface area contributed by atoms with E-state index in [9.17, 15) is 0 Å². The molecule has 2 atom stereocenters. The van der Waals surface area contributed by atoms with E-state index >= 15 is 0 Å². The van der Waals surface area contributed by atoms with Crippen molar-refractivity contribution >= 4 is 0 Å². The lowest BCUT2D eigenvalue weighted by molar-refractivity contribution is 0.166. The molecule has 17 heavy (non-hydrogen) atoms. The summed E-state index contributed by atoms with van der Waals surface area (Å²) in [5, 5.41) is 3.71. The average Bonchev–Trinajstić information content (AvgIpc) is 2.69. The van der Waals surface area contributed by atoms with Gasteiger partial charge in [0.25, 0.3) is 0 Å². The van der Waals surface area contributed by atoms with Crippen LogP contribution in [-0.4, -0.2) is 30.1 Å². The van der Waals surface area contributed by atoms with E-state index < -0.39 is 0 Å². The molecule has 92 valence electrons. The Hall–Kier alpha value is -0.860. The maximum Gasteiger partial charge on any atom is 0.0233 e. The molecule has 3 rings (SSSR count). The van der Waals surface area contributed by atoms with Gasteiger partial charge in [-0.15, -0.1) is 0 Å². The lowest BCUT2D eigenvalue weighted by atomic mass is 9.98. The van der Waals surface area contributed by atoms with Gasteiger partial charge in [-0.1, -0.05) is 30.3 Å². The van der Waals surface area contributed by atoms with E-state index in [-0.39, 0.29) is 0 Å². The molecule has 2 heteroatoms. The Morgan fingerprint density at radius 1 is 1.12 bits per heavy atom. The van der Waals surface area contributed by atoms with Crippen LogP contribution in [-0.2, 0) is 6.54 Å². The van der Waals surface area contributed by atoms with Crippen LogP contribution in [0.4, 0.5) is 0 Å². The molecule has 1 aromatic rings. The van der Waals surface area contributed by atoms with Crippen LogP contribution < -0.4 is 5.32 Å². The van der Waals surface area contributed by atoms with Crippen molar-refractivity contribution in [3.8, 4) is 0 Å². The molecular formula is C15H22N2. The molecule has 2 saturated heterocycles. The van der Waals surface area contributed by atoms with Crippen LogP contribution in [0.3, 0.4) is 0 Å². The van der Waals surface area contributed by atoms with E-state index in [0.717, 1.165) is 24.7 Å². The minimum absolute atomic E-state index is 0.772. The third-order valence-electron chi connectivity index (χ3n) is 4.35. The predicted octanol–water partition coefficient (Wildman–Crippen LogP) is 2.40. The van der Waals surface area contributed by atoms with Gasteiger partial charge in [0.1, 0.15) is 0 Å². The molecule has 2 heterocycles. The summed E-state index contributed by atoms with van der Waals surface area (Å²) in [5.74, 6) is 0. The zero-order chi connectivity index (χ0) is 11.7. The second-order valence-corrected chi connectivity index (χ2v) is 5.66. The Bertz CT molecular complexity index is 350. The van der Waals surface area contributed by atoms with E-state index in [4.69, 9.17) is 0 Å². The quantitative estimate of drug-likeness (QED) is 0.858. The van der Waals surface area contributed by atoms with Crippen molar-refractivity contribution in [1.29, 1.82) is 0 Å². The Morgan fingerprint density at radius 2 is 1.76 bits per heavy atom. The minimum Gasteiger partial charge on any atom is -0.311 e. The highest BCUT2D eigenvalue weighted by Gasteiger charge is 2.34. The maximum atomic E-state index is 3.71. The topological polar surface area (TPSA) is 15.3 Å². The highest BCUT2D eigenvalue weighted by atomic mass is 15.2. The normalized spacial score (nSPS) is 32.0. The van der Waals surface area contributed by atoms with Crippen LogP contribution in [0.25, 0.3) is 0 Å². The number of nitrogens with zero attached hydrogens (tertiary/aromatic N) is 1. The van der Waals surface area contributed by atoms with Crippen molar-refractivity contribution in [1.82, 2.24) is 10.2 Å². The fourth-order valence-electron chi connectivity index (χ4n) is 3.39. The molecule has 1 N–H and O–H groups in total. The molecule has 2 nitrogen and oxygen atoms in total. The summed E-state index contributed by atoms with van der Waals surface area (Å²) in [7, 11) is 2.28. The fourth-order valence-corrected chi connectivity index (χ4v) is 3.39. The second-order valence-electron chi connectivity index (χ2n) is 5.66. The van der Waals surface area contributed by atoms with Crippen molar-refractivity contribution in [2.75, 3.05) is 7.05 Å². The van der Waals surface area contributed by atoms with Gasteiger partial charge in [0.05, 0.1) is 0 Å². The van der Waals surface area contributed by atoms with Gasteiger partial charge in [-0.3, -0.25) is 4.90 Å². The number of nitrogens with one attached hydrogen (secondary N) is 1. The Morgan fingerprint density at radius 3 is 2.41 bits per heavy atom. The van der Waals surface area contributed by atoms with Crippen molar-refractivity contribution in [2.45, 2.75) is 50.4 Å². The van der Waals surface area contributed by atoms with Crippen molar-refractivity contribution in [2.24, 2.45) is 0 Å². The zero-order valence-corrected chi connectivity index (χ0v) is 10.6. The summed E-state index contributed by atoms with van der Waals surface area (Å²) in [6.45, 7) is 1.09. The van der Waals surface area contributed by atoms with Crippen LogP contribution in [0.1, 0.15) is 31.2 Å². The maximum absolute atomic E-state index is 3.71. The Labute approximate surface area is 104 Å². The van der Waals surface area contributed by atoms with Crippen molar-refractivity contribution in [3.05, 3.63) is 35.9 Å². The summed E-state index contributed by atoms with van der Waals surface area (Å²) >= 11 is 0. The lowest BCUT2D eigenvalue weighted by Gasteiger charge is -2.35. The van der Waals surface area contributed by atoms with Crippen LogP contribution in [0.5, 0.6) is 0 Å². The molecule has 0 saturated carbocycles. The number of piperidine rings is 1. The molecule has 2 unspecified atom stereocenters. The SMILES string of the molecule is CN(Cc1ccccc1)C1CC2CCC(C1)N2. The van der Waals surface area contributed by atoms with E-state index in [2.05, 4.69) is 47.6 Å². The van der Waals surface area contributed by atoms with Gasteiger partial charge in [0.2, 0.25) is 0 Å². The predicted molar refractivity (Wildman–Crippen MR) is 70.9 cm³/mol. The number of rotatable bonds is 3. The molecule has 1 aromatic carbocycles. The standard InChI is InChI=1S/C15H22N2/c1-17(11-12-5-3-2-4-6-12)15-9-13-7-8-14(10-15)16-13/h2-6,13-16H,7-11H2,1H3. The van der Waals surface area contributed by atoms with E-state index in [1.807, 2.05) is 0 Å². The zero-order valence-electron chi connectivity index (χ0n) is 10.6. The van der Waals surface area contributed by atoms with Gasteiger partial charge >= 0.3 is 0 Å². The molecule has 2 bridgehead atoms. The molecule has 0 spiro atoms. The average molecular weight is 230 g/mol. The Kier molecular flexibility index (Phi) is 3.17. The Balaban J connectivity index is 1.61. The van der Waals surface area contributed by atoms with E-state index in [1.54, 1.807) is 0 Å². The molecule has 2 fully saturated rings. The lowest BCUT2D eigenvalue weighted by Crippen LogP contribution is -2.46. The van der Waals surface area contributed by atoms with Crippen LogP contribution in [0.2, 0.25) is 0 Å². The molecule has 0 radical (unpaired) electrons. The van der Waals surface area contributed by atoms with Crippen LogP contribution >= 0.6 is 0 Å². The highest BCUT2D eigenvalue weighted by molar-refractivity contribution is 5.14. The summed E-state index contributed by atoms with van der Waals surface area (Å²) in [5.41, 5.74) is 1.43. The number of benzene rings is 1. The van der Waals surface area contributed by atoms with Crippen molar-refractivity contribution in [3.63, 3.8) is 0 Å². The molecule has 2 aliphatic rings. The molecule has 0 aromatic heterocycles. The van der Waals surface area contributed by atoms with Crippen LogP contribution in [0, 0.1) is 0 Å². The first-order chi connectivity index (χ1) is 8.31. The molecule has 0 amide bonds. The summed E-state index contributed by atoms with van der Waals surface area (Å²) in [6.07, 6.45) is 5.44. The first-order valence-corrected chi connectivity index (χ1v) is 6.81. The summed E-state index contributed by atoms with van der Waals surface area (Å²) in [6, 6.07) is 13.2. The van der Waals surface area contributed by atoms with Crippen molar-refractivity contribution < 1.29 is 0 Å². The largest absolute Gasteiger partial charge is 0.311 e. The smallest absolute Gasteiger partial charge is 0.0233 e. The van der Waals surface area contributed by atoms with Crippen LogP contribution in [0.15, 0.2) is 30.3 Å². The molecule has 2 aliphatic heterocycles. The summed E-state index contributed by atoms with van der Waals surface area (Å²) < 4.78 is 0. The first-order valence-electron chi connectivity index (χ1n) is 6.81. The van der Waals surface area contributed by atoms with E-state index in [0.29, 0.717) is 0 Å². The molecule has 0 aliphatic carbocycles. The third kappa shape index (κ3) is 2.53. The number of hydrogen-bond acceptors (Lipinski definition) is 2. The number of hydrogen-bond donors (Lipinski definition) is 1. The van der Waals surface area contributed by atoms with Gasteiger partial charge in [0, 0.05) is 24.7 Å². The van der Waals surface area contributed by atoms with Gasteiger partial charge in [0.15, 0.2) is 0 Å². The minimum atomic E-state index is 0.772. The van der Waals surface area contributed by atoms with Gasteiger partial charge in [-0.2, -0.15) is 0 Å². The number of fused-ring (bicyclic) bond motifs is 2. The summed E-state index contributed by atoms with van der Waals surface area (Å²) in [4.78, 5) is 2.54. The fraction of sp³-hybridized carbons (Fsp3) is 0.600. The van der Waals surface area contributed by atoms with Gasteiger partial charge < -0.3 is 5.32 Å². The van der Waals surface area contributed by atoms with Gasteiger partial charge in [-0.05, 0) is 38.3 Å². The van der Waals surface area contributed by atoms with E-state index in [1.165, 1.54) is 31.2 Å². The highest BCUT2D eigenvalue weighted by Crippen LogP contribution is 2.29. The first kappa shape index (κ1) is 11.2. The second kappa shape index (κ2) is 4.79.